The van der Waals surface area contributed by atoms with Gasteiger partial charge in [-0.25, -0.2) is 9.78 Å². The van der Waals surface area contributed by atoms with Crippen LogP contribution in [0.4, 0.5) is 5.82 Å². The van der Waals surface area contributed by atoms with Crippen LogP contribution in [-0.2, 0) is 0 Å². The van der Waals surface area contributed by atoms with Crippen LogP contribution in [0.1, 0.15) is 0 Å². The average molecular weight is 284 g/mol. The van der Waals surface area contributed by atoms with Crippen molar-refractivity contribution < 1.29 is 25.1 Å². The van der Waals surface area contributed by atoms with Crippen LogP contribution in [0, 0.1) is 0 Å². The molecule has 0 spiro atoms. The first kappa shape index (κ1) is 19.2. The second-order valence-electron chi connectivity index (χ2n) is 2.67. The molecule has 0 amide bonds. The van der Waals surface area contributed by atoms with Crippen molar-refractivity contribution in [3.05, 3.63) is 22.7 Å². The van der Waals surface area contributed by atoms with E-state index in [2.05, 4.69) is 15.5 Å². The maximum absolute atomic E-state index is 10.2. The summed E-state index contributed by atoms with van der Waals surface area (Å²) in [5.74, 6) is 0.338. The number of hydrogen-bond acceptors (Lipinski definition) is 9. The van der Waals surface area contributed by atoms with Gasteiger partial charge in [-0.2, -0.15) is 0 Å². The minimum absolute atomic E-state index is 0.338. The lowest BCUT2D eigenvalue weighted by molar-refractivity contribution is 0.0450. The number of rotatable bonds is 2. The molecule has 0 aliphatic carbocycles. The third kappa shape index (κ3) is 17.3. The number of aromatic nitrogens is 2. The smallest absolute Gasteiger partial charge is 0.346 e. The van der Waals surface area contributed by atoms with Gasteiger partial charge in [0.25, 0.3) is 0 Å². The maximum Gasteiger partial charge on any atom is 0.346 e. The van der Waals surface area contributed by atoms with E-state index in [0.717, 1.165) is 0 Å². The summed E-state index contributed by atoms with van der Waals surface area (Å²) in [6, 6.07) is 1.52. The van der Waals surface area contributed by atoms with Gasteiger partial charge in [0.2, 0.25) is 8.53 Å². The monoisotopic (exact) mass is 284 g/mol. The molecule has 1 heterocycles. The number of nitrogens with two attached hydrogens (primary N) is 2. The Balaban J connectivity index is 0. The molecule has 0 bridgehead atoms. The number of aliphatic hydroxyl groups excluding tert-OH is 3. The summed E-state index contributed by atoms with van der Waals surface area (Å²) in [6.45, 7) is -0.729. The van der Waals surface area contributed by atoms with Crippen LogP contribution in [0.15, 0.2) is 17.1 Å². The quantitative estimate of drug-likeness (QED) is 0.258. The molecule has 0 saturated heterocycles. The van der Waals surface area contributed by atoms with Crippen molar-refractivity contribution in [2.45, 2.75) is 6.10 Å². The molecule has 11 heteroatoms. The van der Waals surface area contributed by atoms with Crippen LogP contribution >= 0.6 is 8.53 Å². The van der Waals surface area contributed by atoms with E-state index >= 15 is 0 Å². The Morgan fingerprint density at radius 3 is 2.00 bits per heavy atom. The number of aliphatic hydroxyl groups is 3. The number of H-pyrrole nitrogens is 1. The van der Waals surface area contributed by atoms with Crippen LogP contribution in [0.2, 0.25) is 0 Å². The van der Waals surface area contributed by atoms with E-state index < -0.39 is 20.3 Å². The minimum Gasteiger partial charge on any atom is -0.394 e. The maximum atomic E-state index is 10.2. The molecule has 0 saturated carbocycles. The molecular weight excluding hydrogens is 267 g/mol. The molecule has 0 aliphatic heterocycles. The fraction of sp³-hybridized carbons (Fsp3) is 0.429. The topological polar surface area (TPSA) is 199 Å². The number of nitrogens with zero attached hydrogens (tertiary/aromatic N) is 1. The summed E-state index contributed by atoms with van der Waals surface area (Å²) < 4.78 is 0. The number of aromatic amines is 1. The van der Waals surface area contributed by atoms with E-state index in [4.69, 9.17) is 30.8 Å². The van der Waals surface area contributed by atoms with Crippen molar-refractivity contribution in [3.63, 3.8) is 0 Å². The Morgan fingerprint density at radius 2 is 1.83 bits per heavy atom. The van der Waals surface area contributed by atoms with Crippen LogP contribution in [0.3, 0.4) is 0 Å². The second kappa shape index (κ2) is 12.3. The average Bonchev–Trinajstić information content (AvgIpc) is 2.27. The Bertz CT molecular complexity index is 342. The van der Waals surface area contributed by atoms with E-state index in [1.165, 1.54) is 12.3 Å². The Labute approximate surface area is 104 Å². The molecule has 1 aromatic heterocycles. The molecule has 1 aromatic rings. The molecule has 0 fully saturated rings. The molecule has 1 rings (SSSR count). The molecule has 0 radical (unpaired) electrons. The number of anilines is 1. The van der Waals surface area contributed by atoms with Gasteiger partial charge in [0.1, 0.15) is 11.9 Å². The minimum atomic E-state index is -2.12. The number of nitrogens with one attached hydrogen (secondary N) is 1. The molecule has 18 heavy (non-hydrogen) atoms. The van der Waals surface area contributed by atoms with Crippen LogP contribution in [0.25, 0.3) is 0 Å². The van der Waals surface area contributed by atoms with E-state index in [1.54, 1.807) is 0 Å². The summed E-state index contributed by atoms with van der Waals surface area (Å²) >= 11 is 0. The highest BCUT2D eigenvalue weighted by Gasteiger charge is 1.93. The lowest BCUT2D eigenvalue weighted by Gasteiger charge is -1.96. The first-order chi connectivity index (χ1) is 8.33. The zero-order chi connectivity index (χ0) is 14.6. The van der Waals surface area contributed by atoms with Crippen molar-refractivity contribution >= 4 is 14.3 Å². The Morgan fingerprint density at radius 1 is 1.39 bits per heavy atom. The van der Waals surface area contributed by atoms with E-state index in [0.29, 0.717) is 5.82 Å². The van der Waals surface area contributed by atoms with Crippen LogP contribution in [-0.4, -0.2) is 54.4 Å². The Hall–Kier alpha value is -1.13. The highest BCUT2D eigenvalue weighted by Crippen LogP contribution is 2.05. The summed E-state index contributed by atoms with van der Waals surface area (Å²) in [5.41, 5.74) is 9.04. The van der Waals surface area contributed by atoms with Crippen LogP contribution in [0.5, 0.6) is 0 Å². The van der Waals surface area contributed by atoms with Gasteiger partial charge in [-0.1, -0.05) is 0 Å². The summed E-state index contributed by atoms with van der Waals surface area (Å²) in [5, 5.41) is 24.0. The van der Waals surface area contributed by atoms with Crippen molar-refractivity contribution in [3.8, 4) is 0 Å². The van der Waals surface area contributed by atoms with E-state index in [-0.39, 0.29) is 13.2 Å². The summed E-state index contributed by atoms with van der Waals surface area (Å²) in [7, 11) is -2.12. The highest BCUT2D eigenvalue weighted by atomic mass is 31.2. The summed E-state index contributed by atoms with van der Waals surface area (Å²) in [4.78, 5) is 30.8. The molecule has 0 atom stereocenters. The van der Waals surface area contributed by atoms with Crippen LogP contribution < -0.4 is 16.9 Å². The molecule has 10 nitrogen and oxygen atoms in total. The molecule has 0 aromatic carbocycles. The molecular formula is C7H17N4O6P. The first-order valence-corrected chi connectivity index (χ1v) is 5.78. The highest BCUT2D eigenvalue weighted by molar-refractivity contribution is 7.42. The van der Waals surface area contributed by atoms with Gasteiger partial charge >= 0.3 is 5.69 Å². The van der Waals surface area contributed by atoms with E-state index in [1.807, 2.05) is 0 Å². The van der Waals surface area contributed by atoms with Gasteiger partial charge in [0.15, 0.2) is 0 Å². The van der Waals surface area contributed by atoms with Gasteiger partial charge in [-0.3, -0.25) is 10.5 Å². The van der Waals surface area contributed by atoms with Gasteiger partial charge < -0.3 is 30.8 Å². The van der Waals surface area contributed by atoms with Gasteiger partial charge in [0.05, 0.1) is 13.2 Å². The predicted molar refractivity (Wildman–Crippen MR) is 65.0 cm³/mol. The first-order valence-electron chi connectivity index (χ1n) is 4.46. The molecule has 0 aliphatic rings. The van der Waals surface area contributed by atoms with Crippen molar-refractivity contribution in [1.29, 1.82) is 0 Å². The number of hydrogen-bond donors (Lipinski definition) is 8. The zero-order valence-electron chi connectivity index (χ0n) is 9.34. The molecule has 10 N–H and O–H groups in total. The fourth-order valence-corrected chi connectivity index (χ4v) is 0.440. The lowest BCUT2D eigenvalue weighted by Crippen LogP contribution is -2.15. The normalized spacial score (nSPS) is 9.33. The largest absolute Gasteiger partial charge is 0.394 e. The number of nitrogen functional groups attached to an aromatic ring is 1. The van der Waals surface area contributed by atoms with E-state index in [9.17, 15) is 4.79 Å². The SMILES string of the molecule is NP(O)O.Nc1ccnc(=O)[nH]1.OCC(O)CO. The molecule has 0 unspecified atom stereocenters. The van der Waals surface area contributed by atoms with Gasteiger partial charge in [0, 0.05) is 6.20 Å². The van der Waals surface area contributed by atoms with Gasteiger partial charge in [-0.05, 0) is 6.07 Å². The second-order valence-corrected chi connectivity index (χ2v) is 3.31. The molecule has 106 valence electrons. The van der Waals surface area contributed by atoms with Crippen molar-refractivity contribution in [2.24, 2.45) is 5.50 Å². The zero-order valence-corrected chi connectivity index (χ0v) is 10.2. The van der Waals surface area contributed by atoms with Crippen molar-refractivity contribution in [2.75, 3.05) is 18.9 Å². The Kier molecular flexibility index (Phi) is 13.2. The van der Waals surface area contributed by atoms with Gasteiger partial charge in [-0.15, -0.1) is 0 Å². The fourth-order valence-electron chi connectivity index (χ4n) is 0.440. The third-order valence-electron chi connectivity index (χ3n) is 1.12. The lowest BCUT2D eigenvalue weighted by atomic mass is 10.4. The van der Waals surface area contributed by atoms with Crippen molar-refractivity contribution in [1.82, 2.24) is 9.97 Å². The third-order valence-corrected chi connectivity index (χ3v) is 1.12. The standard InChI is InChI=1S/C4H5N3O.C3H8O3.H4NO2P/c5-3-1-2-6-4(8)7-3;4-1-3(6)2-5;1-4(2)3/h1-2H,(H3,5,6,7,8);3-6H,1-2H2;2-3H,1H2. The summed E-state index contributed by atoms with van der Waals surface area (Å²) in [6.07, 6.45) is 0.402. The predicted octanol–water partition coefficient (Wildman–Crippen LogP) is -3.16.